The van der Waals surface area contributed by atoms with Gasteiger partial charge in [-0.3, -0.25) is 4.68 Å². The molecular formula is C10H16F3N3O. The molecule has 2 N–H and O–H groups in total. The highest BCUT2D eigenvalue weighted by atomic mass is 19.4. The van der Waals surface area contributed by atoms with Crippen LogP contribution in [0.15, 0.2) is 12.4 Å². The fourth-order valence-corrected chi connectivity index (χ4v) is 1.36. The summed E-state index contributed by atoms with van der Waals surface area (Å²) in [4.78, 5) is 0. The summed E-state index contributed by atoms with van der Waals surface area (Å²) in [5.41, 5.74) is 6.65. The normalized spacial score (nSPS) is 13.9. The number of aryl methyl sites for hydroxylation is 2. The number of hydrogen-bond acceptors (Lipinski definition) is 3. The van der Waals surface area contributed by atoms with Gasteiger partial charge in [-0.05, 0) is 18.4 Å². The predicted molar refractivity (Wildman–Crippen MR) is 56.4 cm³/mol. The number of alkyl halides is 3. The minimum absolute atomic E-state index is 0.0836. The average molecular weight is 251 g/mol. The van der Waals surface area contributed by atoms with E-state index in [9.17, 15) is 13.2 Å². The minimum Gasteiger partial charge on any atom is -0.370 e. The highest BCUT2D eigenvalue weighted by Gasteiger charge is 2.27. The van der Waals surface area contributed by atoms with Gasteiger partial charge in [0, 0.05) is 19.3 Å². The number of ether oxygens (including phenoxy) is 1. The maximum absolute atomic E-state index is 11.8. The Bertz CT molecular complexity index is 338. The Hall–Kier alpha value is -1.08. The van der Waals surface area contributed by atoms with Crippen LogP contribution < -0.4 is 5.73 Å². The van der Waals surface area contributed by atoms with E-state index >= 15 is 0 Å². The van der Waals surface area contributed by atoms with Crippen LogP contribution >= 0.6 is 0 Å². The van der Waals surface area contributed by atoms with Gasteiger partial charge < -0.3 is 10.5 Å². The summed E-state index contributed by atoms with van der Waals surface area (Å²) in [6.07, 6.45) is 0.531. The molecule has 0 saturated heterocycles. The van der Waals surface area contributed by atoms with Crippen molar-refractivity contribution in [1.82, 2.24) is 9.78 Å². The molecule has 0 aromatic carbocycles. The zero-order valence-corrected chi connectivity index (χ0v) is 9.57. The molecule has 0 amide bonds. The number of halogens is 3. The van der Waals surface area contributed by atoms with Crippen LogP contribution in [0.4, 0.5) is 13.2 Å². The molecule has 4 nitrogen and oxygen atoms in total. The van der Waals surface area contributed by atoms with Crippen molar-refractivity contribution >= 4 is 0 Å². The number of aromatic nitrogens is 2. The lowest BCUT2D eigenvalue weighted by Crippen LogP contribution is -2.29. The van der Waals surface area contributed by atoms with Crippen molar-refractivity contribution in [1.29, 1.82) is 0 Å². The number of hydrogen-bond donors (Lipinski definition) is 1. The zero-order valence-electron chi connectivity index (χ0n) is 9.57. The van der Waals surface area contributed by atoms with Gasteiger partial charge in [0.1, 0.15) is 6.61 Å². The molecule has 0 radical (unpaired) electrons. The van der Waals surface area contributed by atoms with Crippen molar-refractivity contribution in [2.75, 3.05) is 13.2 Å². The standard InChI is InChI=1S/C10H16F3N3O/c1-16-5-8(4-15-16)2-3-9(14)6-17-7-10(11,12)13/h4-5,9H,2-3,6-7,14H2,1H3. The van der Waals surface area contributed by atoms with Crippen molar-refractivity contribution in [3.63, 3.8) is 0 Å². The SMILES string of the molecule is Cn1cc(CCC(N)COCC(F)(F)F)cn1. The molecule has 0 aliphatic carbocycles. The molecule has 17 heavy (non-hydrogen) atoms. The third-order valence-electron chi connectivity index (χ3n) is 2.16. The van der Waals surface area contributed by atoms with Crippen molar-refractivity contribution in [2.45, 2.75) is 25.1 Å². The smallest absolute Gasteiger partial charge is 0.370 e. The highest BCUT2D eigenvalue weighted by molar-refractivity contribution is 5.03. The largest absolute Gasteiger partial charge is 0.411 e. The molecule has 0 spiro atoms. The molecule has 0 aliphatic rings. The molecule has 7 heteroatoms. The first-order valence-corrected chi connectivity index (χ1v) is 5.24. The summed E-state index contributed by atoms with van der Waals surface area (Å²) in [6, 6.07) is -0.391. The molecular weight excluding hydrogens is 235 g/mol. The maximum Gasteiger partial charge on any atom is 0.411 e. The van der Waals surface area contributed by atoms with Crippen molar-refractivity contribution < 1.29 is 17.9 Å². The van der Waals surface area contributed by atoms with E-state index in [1.54, 1.807) is 17.9 Å². The first kappa shape index (κ1) is 14.0. The van der Waals surface area contributed by atoms with Gasteiger partial charge in [-0.25, -0.2) is 0 Å². The molecule has 0 bridgehead atoms. The summed E-state index contributed by atoms with van der Waals surface area (Å²) in [6.45, 7) is -1.33. The molecule has 0 fully saturated rings. The fourth-order valence-electron chi connectivity index (χ4n) is 1.36. The van der Waals surface area contributed by atoms with E-state index in [1.165, 1.54) is 0 Å². The highest BCUT2D eigenvalue weighted by Crippen LogP contribution is 2.14. The molecule has 1 heterocycles. The number of nitrogens with zero attached hydrogens (tertiary/aromatic N) is 2. The van der Waals surface area contributed by atoms with Crippen molar-refractivity contribution in [3.8, 4) is 0 Å². The topological polar surface area (TPSA) is 53.1 Å². The number of rotatable bonds is 6. The van der Waals surface area contributed by atoms with Gasteiger partial charge in [-0.1, -0.05) is 0 Å². The lowest BCUT2D eigenvalue weighted by Gasteiger charge is -2.12. The lowest BCUT2D eigenvalue weighted by molar-refractivity contribution is -0.174. The third kappa shape index (κ3) is 6.28. The predicted octanol–water partition coefficient (Wildman–Crippen LogP) is 1.26. The van der Waals surface area contributed by atoms with E-state index in [2.05, 4.69) is 9.84 Å². The van der Waals surface area contributed by atoms with Gasteiger partial charge in [0.2, 0.25) is 0 Å². The van der Waals surface area contributed by atoms with E-state index in [-0.39, 0.29) is 6.61 Å². The van der Waals surface area contributed by atoms with E-state index < -0.39 is 18.8 Å². The Morgan fingerprint density at radius 1 is 1.53 bits per heavy atom. The van der Waals surface area contributed by atoms with Crippen LogP contribution in [-0.4, -0.2) is 35.2 Å². The Morgan fingerprint density at radius 2 is 2.24 bits per heavy atom. The van der Waals surface area contributed by atoms with E-state index in [0.717, 1.165) is 5.56 Å². The zero-order chi connectivity index (χ0) is 12.9. The summed E-state index contributed by atoms with van der Waals surface area (Å²) < 4.78 is 41.5. The first-order valence-electron chi connectivity index (χ1n) is 5.24. The maximum atomic E-state index is 11.8. The summed E-state index contributed by atoms with van der Waals surface area (Å²) in [5.74, 6) is 0. The summed E-state index contributed by atoms with van der Waals surface area (Å²) in [7, 11) is 1.80. The van der Waals surface area contributed by atoms with Gasteiger partial charge in [0.25, 0.3) is 0 Å². The molecule has 0 saturated carbocycles. The molecule has 98 valence electrons. The van der Waals surface area contributed by atoms with Gasteiger partial charge in [0.05, 0.1) is 12.8 Å². The van der Waals surface area contributed by atoms with Gasteiger partial charge in [-0.15, -0.1) is 0 Å². The fraction of sp³-hybridized carbons (Fsp3) is 0.700. The third-order valence-corrected chi connectivity index (χ3v) is 2.16. The quantitative estimate of drug-likeness (QED) is 0.828. The van der Waals surface area contributed by atoms with Crippen LogP contribution in [0.1, 0.15) is 12.0 Å². The van der Waals surface area contributed by atoms with Crippen LogP contribution in [0.2, 0.25) is 0 Å². The van der Waals surface area contributed by atoms with Crippen molar-refractivity contribution in [3.05, 3.63) is 18.0 Å². The molecule has 1 atom stereocenters. The molecule has 1 aromatic rings. The van der Waals surface area contributed by atoms with Crippen LogP contribution in [-0.2, 0) is 18.2 Å². The van der Waals surface area contributed by atoms with Gasteiger partial charge in [0.15, 0.2) is 0 Å². The molecule has 0 aliphatic heterocycles. The first-order chi connectivity index (χ1) is 7.87. The van der Waals surface area contributed by atoms with Gasteiger partial charge in [-0.2, -0.15) is 18.3 Å². The monoisotopic (exact) mass is 251 g/mol. The van der Waals surface area contributed by atoms with E-state index in [4.69, 9.17) is 5.73 Å². The Kier molecular flexibility index (Phi) is 4.95. The lowest BCUT2D eigenvalue weighted by atomic mass is 10.1. The Balaban J connectivity index is 2.15. The molecule has 1 aromatic heterocycles. The van der Waals surface area contributed by atoms with Crippen LogP contribution in [0.5, 0.6) is 0 Å². The Labute approximate surface area is 97.5 Å². The second kappa shape index (κ2) is 6.02. The molecule has 1 unspecified atom stereocenters. The summed E-state index contributed by atoms with van der Waals surface area (Å²) in [5, 5.41) is 3.98. The second-order valence-corrected chi connectivity index (χ2v) is 3.95. The van der Waals surface area contributed by atoms with E-state index in [0.29, 0.717) is 12.8 Å². The molecule has 1 rings (SSSR count). The van der Waals surface area contributed by atoms with Gasteiger partial charge >= 0.3 is 6.18 Å². The summed E-state index contributed by atoms with van der Waals surface area (Å²) >= 11 is 0. The Morgan fingerprint density at radius 3 is 2.76 bits per heavy atom. The van der Waals surface area contributed by atoms with Crippen molar-refractivity contribution in [2.24, 2.45) is 12.8 Å². The average Bonchev–Trinajstić information content (AvgIpc) is 2.59. The second-order valence-electron chi connectivity index (χ2n) is 3.95. The van der Waals surface area contributed by atoms with Crippen LogP contribution in [0.25, 0.3) is 0 Å². The van der Waals surface area contributed by atoms with Crippen LogP contribution in [0, 0.1) is 0 Å². The minimum atomic E-state index is -4.29. The van der Waals surface area contributed by atoms with Crippen LogP contribution in [0.3, 0.4) is 0 Å². The number of nitrogens with two attached hydrogens (primary N) is 1. The van der Waals surface area contributed by atoms with E-state index in [1.807, 2.05) is 6.20 Å².